The minimum atomic E-state index is -1.90. The summed E-state index contributed by atoms with van der Waals surface area (Å²) < 4.78 is 18.8. The number of nitrogens with two attached hydrogens (primary N) is 1. The summed E-state index contributed by atoms with van der Waals surface area (Å²) in [5.74, 6) is -2.12. The molecule has 3 heterocycles. The summed E-state index contributed by atoms with van der Waals surface area (Å²) in [5.41, 5.74) is 6.05. The molecule has 0 bridgehead atoms. The van der Waals surface area contributed by atoms with E-state index in [0.29, 0.717) is 35.9 Å². The third-order valence-electron chi connectivity index (χ3n) is 11.9. The minimum Gasteiger partial charge on any atom is -0.486 e. The number of ketones is 2. The molecular weight excluding hydrogens is 770 g/mol. The Labute approximate surface area is 337 Å². The third-order valence-corrected chi connectivity index (χ3v) is 11.9. The van der Waals surface area contributed by atoms with Gasteiger partial charge in [-0.15, -0.1) is 0 Å². The quantitative estimate of drug-likeness (QED) is 0.0720. The summed E-state index contributed by atoms with van der Waals surface area (Å²) in [6.07, 6.45) is -9.54. The fourth-order valence-corrected chi connectivity index (χ4v) is 8.85. The zero-order valence-corrected chi connectivity index (χ0v) is 31.8. The molecule has 0 radical (unpaired) electrons. The first kappa shape index (κ1) is 40.9. The van der Waals surface area contributed by atoms with E-state index in [1.807, 2.05) is 11.0 Å². The first-order valence-corrected chi connectivity index (χ1v) is 19.6. The van der Waals surface area contributed by atoms with Gasteiger partial charge in [0.1, 0.15) is 55.8 Å². The van der Waals surface area contributed by atoms with Gasteiger partial charge in [-0.05, 0) is 48.2 Å². The van der Waals surface area contributed by atoms with Crippen molar-refractivity contribution in [2.75, 3.05) is 18.2 Å². The van der Waals surface area contributed by atoms with Gasteiger partial charge in [-0.25, -0.2) is 0 Å². The molecule has 314 valence electrons. The van der Waals surface area contributed by atoms with E-state index in [9.17, 15) is 49.8 Å². The highest BCUT2D eigenvalue weighted by molar-refractivity contribution is 6.29. The monoisotopic (exact) mass is 817 g/mol. The van der Waals surface area contributed by atoms with Crippen molar-refractivity contribution >= 4 is 29.4 Å². The maximum absolute atomic E-state index is 14.5. The van der Waals surface area contributed by atoms with Gasteiger partial charge in [-0.2, -0.15) is 0 Å². The normalized spacial score (nSPS) is 29.0. The number of aliphatic hydroxyl groups excluding tert-OH is 5. The molecule has 3 aliphatic heterocycles. The lowest BCUT2D eigenvalue weighted by molar-refractivity contribution is -0.304. The van der Waals surface area contributed by atoms with E-state index in [1.165, 1.54) is 24.3 Å². The number of carbonyl (C=O) groups is 4. The Balaban J connectivity index is 1.28. The van der Waals surface area contributed by atoms with Crippen LogP contribution >= 0.6 is 0 Å². The van der Waals surface area contributed by atoms with Crippen molar-refractivity contribution in [3.05, 3.63) is 87.5 Å². The van der Waals surface area contributed by atoms with Gasteiger partial charge >= 0.3 is 0 Å². The van der Waals surface area contributed by atoms with Crippen LogP contribution in [0.3, 0.4) is 0 Å². The molecule has 5 aliphatic rings. The van der Waals surface area contributed by atoms with Crippen LogP contribution in [0.25, 0.3) is 0 Å². The highest BCUT2D eigenvalue weighted by Crippen LogP contribution is 2.46. The molecule has 1 saturated carbocycles. The molecule has 3 saturated heterocycles. The van der Waals surface area contributed by atoms with E-state index in [1.54, 1.807) is 18.2 Å². The first-order chi connectivity index (χ1) is 28.3. The smallest absolute Gasteiger partial charge is 0.242 e. The molecule has 4 fully saturated rings. The van der Waals surface area contributed by atoms with Crippen LogP contribution in [-0.2, 0) is 27.4 Å². The maximum atomic E-state index is 14.5. The number of rotatable bonds is 12. The molecule has 1 amide bonds. The second-order valence-corrected chi connectivity index (χ2v) is 15.7. The highest BCUT2D eigenvalue weighted by atomic mass is 16.7. The predicted molar refractivity (Wildman–Crippen MR) is 205 cm³/mol. The summed E-state index contributed by atoms with van der Waals surface area (Å²) in [4.78, 5) is 55.0. The van der Waals surface area contributed by atoms with Gasteiger partial charge in [-0.3, -0.25) is 30.8 Å². The van der Waals surface area contributed by atoms with E-state index >= 15 is 0 Å². The number of hydrogen-bond donors (Lipinski definition) is 10. The number of anilines is 1. The largest absolute Gasteiger partial charge is 0.486 e. The van der Waals surface area contributed by atoms with Gasteiger partial charge in [-0.1, -0.05) is 37.1 Å². The lowest BCUT2D eigenvalue weighted by Gasteiger charge is -2.45. The Morgan fingerprint density at radius 2 is 1.71 bits per heavy atom. The first-order valence-electron chi connectivity index (χ1n) is 19.6. The number of amides is 1. The summed E-state index contributed by atoms with van der Waals surface area (Å²) in [5, 5.41) is 74.6. The number of benzene rings is 3. The average molecular weight is 818 g/mol. The van der Waals surface area contributed by atoms with Crippen LogP contribution in [0, 0.1) is 0 Å². The van der Waals surface area contributed by atoms with Gasteiger partial charge in [0.25, 0.3) is 0 Å². The Morgan fingerprint density at radius 1 is 0.949 bits per heavy atom. The van der Waals surface area contributed by atoms with Gasteiger partial charge in [0.05, 0.1) is 30.5 Å². The number of ether oxygens (including phenoxy) is 3. The second-order valence-electron chi connectivity index (χ2n) is 15.7. The molecular formula is C41H47N5O13. The summed E-state index contributed by atoms with van der Waals surface area (Å²) in [6.45, 7) is -0.739. The number of hydrogen-bond acceptors (Lipinski definition) is 17. The fraction of sp³-hybridized carbons (Fsp3) is 0.463. The number of aldehydes is 1. The molecule has 59 heavy (non-hydrogen) atoms. The van der Waals surface area contributed by atoms with Crippen LogP contribution in [0.4, 0.5) is 5.69 Å². The fourth-order valence-electron chi connectivity index (χ4n) is 8.85. The van der Waals surface area contributed by atoms with E-state index in [4.69, 9.17) is 19.9 Å². The van der Waals surface area contributed by atoms with E-state index in [-0.39, 0.29) is 77.6 Å². The van der Waals surface area contributed by atoms with Crippen molar-refractivity contribution in [1.29, 1.82) is 0 Å². The third kappa shape index (κ3) is 7.39. The second kappa shape index (κ2) is 16.3. The Morgan fingerprint density at radius 3 is 2.46 bits per heavy atom. The SMILES string of the molecule is NC1NC(=O)C2NCN(c3ccccc3Cc3cc4c(c(OCC(O)CC=O)c3OC3OC(C5(O)CCCC5)C(O)C(O)C3O)C(=O)c3cc(CO)ccc3C4=O)C2N1. The van der Waals surface area contributed by atoms with E-state index in [2.05, 4.69) is 16.0 Å². The van der Waals surface area contributed by atoms with E-state index < -0.39 is 85.7 Å². The van der Waals surface area contributed by atoms with Crippen molar-refractivity contribution < 1.29 is 64.0 Å². The van der Waals surface area contributed by atoms with Crippen LogP contribution in [0.2, 0.25) is 0 Å². The van der Waals surface area contributed by atoms with Crippen LogP contribution in [0.1, 0.15) is 80.6 Å². The minimum absolute atomic E-state index is 0.0364. The standard InChI is InChI=1S/C41H47N5O13/c42-40-44-37-28(38(55)45-40)43-18-46(37)26-6-2-1-5-20(26)14-21-15-25-27(30(51)24-13-19(16-48)7-8-23(24)29(25)50)35(57-17-22(49)9-12-47)34(21)58-39-33(54)31(52)32(53)36(59-39)41(56)10-3-4-11-41/h1-2,5-8,12-13,15,22,28,31-33,36-37,39-40,43-44,48-49,52-54,56H,3-4,9-11,14,16-18,42H2,(H,45,55). The molecule has 0 aromatic heterocycles. The molecule has 3 aromatic rings. The topological polar surface area (TPSA) is 283 Å². The van der Waals surface area contributed by atoms with Crippen LogP contribution in [-0.4, -0.2) is 129 Å². The number of aliphatic hydroxyl groups is 6. The molecule has 8 rings (SSSR count). The van der Waals surface area contributed by atoms with Gasteiger partial charge in [0.15, 0.2) is 23.1 Å². The molecule has 2 aliphatic carbocycles. The van der Waals surface area contributed by atoms with Crippen molar-refractivity contribution in [1.82, 2.24) is 16.0 Å². The van der Waals surface area contributed by atoms with E-state index in [0.717, 1.165) is 0 Å². The van der Waals surface area contributed by atoms with Crippen molar-refractivity contribution in [2.24, 2.45) is 5.73 Å². The number of nitrogens with one attached hydrogen (secondary N) is 3. The Kier molecular flexibility index (Phi) is 11.3. The summed E-state index contributed by atoms with van der Waals surface area (Å²) >= 11 is 0. The maximum Gasteiger partial charge on any atom is 0.242 e. The number of carbonyl (C=O) groups excluding carboxylic acids is 4. The molecule has 18 nitrogen and oxygen atoms in total. The molecule has 9 atom stereocenters. The van der Waals surface area contributed by atoms with Crippen molar-refractivity contribution in [2.45, 2.75) is 106 Å². The number of nitrogens with zero attached hydrogens (tertiary/aromatic N) is 1. The van der Waals surface area contributed by atoms with Crippen LogP contribution in [0.5, 0.6) is 11.5 Å². The molecule has 0 spiro atoms. The summed E-state index contributed by atoms with van der Waals surface area (Å²) in [7, 11) is 0. The Bertz CT molecular complexity index is 2150. The number of para-hydroxylation sites is 1. The molecule has 3 aromatic carbocycles. The van der Waals surface area contributed by atoms with Gasteiger partial charge in [0.2, 0.25) is 12.2 Å². The van der Waals surface area contributed by atoms with Crippen molar-refractivity contribution in [3.63, 3.8) is 0 Å². The number of fused-ring (bicyclic) bond motifs is 3. The molecule has 9 unspecified atom stereocenters. The van der Waals surface area contributed by atoms with Crippen LogP contribution in [0.15, 0.2) is 48.5 Å². The van der Waals surface area contributed by atoms with Gasteiger partial charge in [0, 0.05) is 40.8 Å². The zero-order valence-electron chi connectivity index (χ0n) is 31.8. The average Bonchev–Trinajstić information content (AvgIpc) is 3.86. The lowest BCUT2D eigenvalue weighted by atomic mass is 9.81. The van der Waals surface area contributed by atoms with Crippen LogP contribution < -0.4 is 36.1 Å². The Hall–Kier alpha value is -4.86. The van der Waals surface area contributed by atoms with Gasteiger partial charge < -0.3 is 59.9 Å². The predicted octanol–water partition coefficient (Wildman–Crippen LogP) is -1.61. The zero-order chi connectivity index (χ0) is 41.7. The molecule has 11 N–H and O–H groups in total. The summed E-state index contributed by atoms with van der Waals surface area (Å²) in [6, 6.07) is 12.4. The highest BCUT2D eigenvalue weighted by Gasteiger charge is 2.54. The lowest BCUT2D eigenvalue weighted by Crippen LogP contribution is -2.70. The van der Waals surface area contributed by atoms with Crippen molar-refractivity contribution in [3.8, 4) is 11.5 Å². The molecule has 18 heteroatoms.